The minimum Gasteiger partial charge on any atom is -0.450 e. The Morgan fingerprint density at radius 1 is 1.71 bits per heavy atom. The van der Waals surface area contributed by atoms with Crippen molar-refractivity contribution in [3.8, 4) is 6.07 Å². The van der Waals surface area contributed by atoms with E-state index in [0.29, 0.717) is 6.54 Å². The number of nitriles is 1. The third kappa shape index (κ3) is 2.62. The van der Waals surface area contributed by atoms with Crippen molar-refractivity contribution in [1.82, 2.24) is 10.2 Å². The topological polar surface area (TPSA) is 82.2 Å². The van der Waals surface area contributed by atoms with Crippen LogP contribution in [0.3, 0.4) is 0 Å². The molecule has 14 heavy (non-hydrogen) atoms. The first kappa shape index (κ1) is 10.3. The zero-order chi connectivity index (χ0) is 10.6. The maximum Gasteiger partial charge on any atom is 0.407 e. The highest BCUT2D eigenvalue weighted by atomic mass is 16.5. The van der Waals surface area contributed by atoms with E-state index in [4.69, 9.17) is 5.26 Å². The van der Waals surface area contributed by atoms with Crippen LogP contribution in [-0.2, 0) is 9.53 Å². The summed E-state index contributed by atoms with van der Waals surface area (Å²) in [6.45, 7) is 2.29. The van der Waals surface area contributed by atoms with E-state index in [0.717, 1.165) is 0 Å². The van der Waals surface area contributed by atoms with Crippen LogP contribution in [0.15, 0.2) is 0 Å². The fourth-order valence-corrected chi connectivity index (χ4v) is 0.957. The lowest BCUT2D eigenvalue weighted by atomic mass is 10.5. The van der Waals surface area contributed by atoms with Gasteiger partial charge in [-0.25, -0.2) is 4.79 Å². The van der Waals surface area contributed by atoms with Crippen molar-refractivity contribution in [2.24, 2.45) is 0 Å². The largest absolute Gasteiger partial charge is 0.450 e. The van der Waals surface area contributed by atoms with Crippen LogP contribution in [0.1, 0.15) is 6.92 Å². The van der Waals surface area contributed by atoms with Gasteiger partial charge in [0.05, 0.1) is 19.2 Å². The molecule has 1 N–H and O–H groups in total. The highest BCUT2D eigenvalue weighted by molar-refractivity contribution is 5.84. The second kappa shape index (κ2) is 4.46. The molecule has 1 heterocycles. The summed E-state index contributed by atoms with van der Waals surface area (Å²) in [5.74, 6) is -0.260. The maximum absolute atomic E-state index is 11.2. The van der Waals surface area contributed by atoms with E-state index in [9.17, 15) is 9.59 Å². The first-order chi connectivity index (χ1) is 6.69. The van der Waals surface area contributed by atoms with Crippen molar-refractivity contribution in [2.45, 2.75) is 13.0 Å². The second-order valence-corrected chi connectivity index (χ2v) is 2.77. The van der Waals surface area contributed by atoms with Gasteiger partial charge in [0.25, 0.3) is 0 Å². The first-order valence-electron chi connectivity index (χ1n) is 4.28. The molecule has 76 valence electrons. The Morgan fingerprint density at radius 2 is 2.43 bits per heavy atom. The summed E-state index contributed by atoms with van der Waals surface area (Å²) in [4.78, 5) is 23.3. The van der Waals surface area contributed by atoms with Crippen LogP contribution >= 0.6 is 0 Å². The Hall–Kier alpha value is -1.77. The first-order valence-corrected chi connectivity index (χ1v) is 4.28. The molecule has 1 atom stereocenters. The molecular weight excluding hydrogens is 186 g/mol. The number of alkyl carbamates (subject to hydrolysis) is 1. The van der Waals surface area contributed by atoms with Crippen LogP contribution in [0, 0.1) is 11.3 Å². The molecule has 1 aliphatic rings. The van der Waals surface area contributed by atoms with E-state index in [1.807, 2.05) is 6.07 Å². The summed E-state index contributed by atoms with van der Waals surface area (Å²) < 4.78 is 4.56. The normalized spacial score (nSPS) is 18.3. The fraction of sp³-hybridized carbons (Fsp3) is 0.625. The van der Waals surface area contributed by atoms with Gasteiger partial charge in [0.1, 0.15) is 12.6 Å². The number of hydrogen-bond donors (Lipinski definition) is 1. The van der Waals surface area contributed by atoms with E-state index in [2.05, 4.69) is 10.1 Å². The van der Waals surface area contributed by atoms with Gasteiger partial charge in [-0.05, 0) is 6.92 Å². The van der Waals surface area contributed by atoms with Gasteiger partial charge in [0.2, 0.25) is 5.91 Å². The van der Waals surface area contributed by atoms with Crippen LogP contribution in [0.4, 0.5) is 4.79 Å². The molecule has 0 saturated carbocycles. The molecule has 1 unspecified atom stereocenters. The summed E-state index contributed by atoms with van der Waals surface area (Å²) in [6, 6.07) is 1.63. The van der Waals surface area contributed by atoms with Gasteiger partial charge < -0.3 is 15.0 Å². The van der Waals surface area contributed by atoms with Crippen molar-refractivity contribution in [2.75, 3.05) is 19.7 Å². The average Bonchev–Trinajstić information content (AvgIpc) is 2.93. The van der Waals surface area contributed by atoms with Crippen molar-refractivity contribution in [1.29, 1.82) is 5.26 Å². The molecule has 1 aliphatic heterocycles. The number of amides is 2. The Morgan fingerprint density at radius 3 is 2.93 bits per heavy atom. The van der Waals surface area contributed by atoms with E-state index in [1.165, 1.54) is 4.90 Å². The van der Waals surface area contributed by atoms with Gasteiger partial charge >= 0.3 is 6.09 Å². The van der Waals surface area contributed by atoms with Crippen molar-refractivity contribution in [3.05, 3.63) is 0 Å². The summed E-state index contributed by atoms with van der Waals surface area (Å²) in [5.41, 5.74) is 0. The minimum absolute atomic E-state index is 0.114. The predicted octanol–water partition coefficient (Wildman–Crippen LogP) is -0.533. The lowest BCUT2D eigenvalue weighted by molar-refractivity contribution is -0.125. The molecule has 2 amide bonds. The summed E-state index contributed by atoms with van der Waals surface area (Å²) >= 11 is 0. The number of carbonyl (C=O) groups excluding carboxylic acids is 2. The van der Waals surface area contributed by atoms with E-state index in [1.54, 1.807) is 6.92 Å². The van der Waals surface area contributed by atoms with Gasteiger partial charge in [-0.1, -0.05) is 0 Å². The smallest absolute Gasteiger partial charge is 0.407 e. The molecule has 0 bridgehead atoms. The third-order valence-electron chi connectivity index (χ3n) is 1.74. The lowest BCUT2D eigenvalue weighted by Crippen LogP contribution is -2.33. The fourth-order valence-electron chi connectivity index (χ4n) is 0.957. The van der Waals surface area contributed by atoms with E-state index < -0.39 is 6.09 Å². The molecule has 0 aromatic carbocycles. The zero-order valence-corrected chi connectivity index (χ0v) is 7.82. The van der Waals surface area contributed by atoms with Crippen molar-refractivity contribution in [3.63, 3.8) is 0 Å². The Bertz CT molecular complexity index is 284. The molecule has 1 rings (SSSR count). The molecule has 0 spiro atoms. The lowest BCUT2D eigenvalue weighted by Gasteiger charge is -2.04. The summed E-state index contributed by atoms with van der Waals surface area (Å²) in [7, 11) is 0. The Kier molecular flexibility index (Phi) is 3.29. The quantitative estimate of drug-likeness (QED) is 0.616. The molecule has 6 heteroatoms. The van der Waals surface area contributed by atoms with Crippen LogP contribution in [0.5, 0.6) is 0 Å². The van der Waals surface area contributed by atoms with Gasteiger partial charge in [-0.15, -0.1) is 0 Å². The highest BCUT2D eigenvalue weighted by Gasteiger charge is 2.38. The van der Waals surface area contributed by atoms with E-state index >= 15 is 0 Å². The number of rotatable bonds is 3. The maximum atomic E-state index is 11.2. The molecule has 0 aromatic heterocycles. The van der Waals surface area contributed by atoms with Gasteiger partial charge in [0.15, 0.2) is 0 Å². The minimum atomic E-state index is -0.615. The van der Waals surface area contributed by atoms with Crippen molar-refractivity contribution < 1.29 is 14.3 Å². The van der Waals surface area contributed by atoms with Crippen LogP contribution in [0.2, 0.25) is 0 Å². The number of ether oxygens (including phenoxy) is 1. The van der Waals surface area contributed by atoms with Crippen molar-refractivity contribution >= 4 is 12.0 Å². The Labute approximate surface area is 81.4 Å². The predicted molar refractivity (Wildman–Crippen MR) is 46.1 cm³/mol. The monoisotopic (exact) mass is 197 g/mol. The molecular formula is C8H11N3O3. The zero-order valence-electron chi connectivity index (χ0n) is 7.82. The average molecular weight is 197 g/mol. The molecule has 1 fully saturated rings. The number of nitrogens with zero attached hydrogens (tertiary/aromatic N) is 2. The molecule has 1 saturated heterocycles. The molecule has 6 nitrogen and oxygen atoms in total. The van der Waals surface area contributed by atoms with Gasteiger partial charge in [-0.2, -0.15) is 5.26 Å². The molecule has 0 radical (unpaired) electrons. The van der Waals surface area contributed by atoms with Crippen LogP contribution < -0.4 is 5.32 Å². The van der Waals surface area contributed by atoms with E-state index in [-0.39, 0.29) is 25.1 Å². The van der Waals surface area contributed by atoms with Crippen LogP contribution in [0.25, 0.3) is 0 Å². The third-order valence-corrected chi connectivity index (χ3v) is 1.74. The summed E-state index contributed by atoms with van der Waals surface area (Å²) in [6.07, 6.45) is -0.615. The number of carbonyl (C=O) groups is 2. The standard InChI is InChI=1S/C8H11N3O3/c1-2-14-8(13)10-4-7(12)11-5-6(11)3-9/h6H,2,4-5H2,1H3,(H,10,13). The Balaban J connectivity index is 2.17. The second-order valence-electron chi connectivity index (χ2n) is 2.77. The SMILES string of the molecule is CCOC(=O)NCC(=O)N1CC1C#N. The number of nitrogens with one attached hydrogen (secondary N) is 1. The van der Waals surface area contributed by atoms with Gasteiger partial charge in [-0.3, -0.25) is 4.79 Å². The van der Waals surface area contributed by atoms with Crippen LogP contribution in [-0.4, -0.2) is 42.6 Å². The number of hydrogen-bond acceptors (Lipinski definition) is 4. The molecule has 0 aliphatic carbocycles. The molecule has 0 aromatic rings. The highest BCUT2D eigenvalue weighted by Crippen LogP contribution is 2.15. The van der Waals surface area contributed by atoms with Gasteiger partial charge in [0, 0.05) is 0 Å². The summed E-state index contributed by atoms with van der Waals surface area (Å²) in [5, 5.41) is 10.7.